The highest BCUT2D eigenvalue weighted by Crippen LogP contribution is 2.24. The Kier molecular flexibility index (Phi) is 3.52. The largest absolute Gasteiger partial charge is 0.337 e. The zero-order valence-corrected chi connectivity index (χ0v) is 12.8. The highest BCUT2D eigenvalue weighted by Gasteiger charge is 2.30. The third kappa shape index (κ3) is 2.64. The zero-order valence-electron chi connectivity index (χ0n) is 12.8. The summed E-state index contributed by atoms with van der Waals surface area (Å²) in [5.41, 5.74) is 3.30. The molecule has 1 fully saturated rings. The van der Waals surface area contributed by atoms with Crippen molar-refractivity contribution in [2.24, 2.45) is 0 Å². The second-order valence-corrected chi connectivity index (χ2v) is 5.97. The number of nitrogens with zero attached hydrogens (tertiary/aromatic N) is 3. The summed E-state index contributed by atoms with van der Waals surface area (Å²) in [6.45, 7) is 0.513. The van der Waals surface area contributed by atoms with E-state index in [0.717, 1.165) is 22.2 Å². The van der Waals surface area contributed by atoms with Crippen LogP contribution in [-0.2, 0) is 11.3 Å². The zero-order chi connectivity index (χ0) is 16.7. The number of carbonyl (C=O) groups excluding carboxylic acids is 1. The fourth-order valence-electron chi connectivity index (χ4n) is 2.88. The van der Waals surface area contributed by atoms with Crippen molar-refractivity contribution in [2.45, 2.75) is 12.7 Å². The number of halogens is 2. The Morgan fingerprint density at radius 3 is 2.62 bits per heavy atom. The van der Waals surface area contributed by atoms with Crippen molar-refractivity contribution < 1.29 is 13.6 Å². The molecule has 4 nitrogen and oxygen atoms in total. The number of rotatable bonds is 3. The number of alkyl halides is 1. The quantitative estimate of drug-likeness (QED) is 0.742. The molecule has 24 heavy (non-hydrogen) atoms. The van der Waals surface area contributed by atoms with Crippen LogP contribution in [0.15, 0.2) is 48.8 Å². The van der Waals surface area contributed by atoms with Gasteiger partial charge in [0.15, 0.2) is 0 Å². The minimum Gasteiger partial charge on any atom is -0.337 e. The lowest BCUT2D eigenvalue weighted by atomic mass is 10.1. The van der Waals surface area contributed by atoms with Crippen molar-refractivity contribution in [1.29, 1.82) is 0 Å². The third-order valence-electron chi connectivity index (χ3n) is 4.29. The van der Waals surface area contributed by atoms with Gasteiger partial charge in [-0.1, -0.05) is 12.1 Å². The summed E-state index contributed by atoms with van der Waals surface area (Å²) in [4.78, 5) is 18.1. The van der Waals surface area contributed by atoms with Gasteiger partial charge in [0.2, 0.25) is 5.91 Å². The van der Waals surface area contributed by atoms with Crippen LogP contribution in [0.1, 0.15) is 0 Å². The average Bonchev–Trinajstić information content (AvgIpc) is 2.95. The minimum absolute atomic E-state index is 0.103. The van der Waals surface area contributed by atoms with Gasteiger partial charge in [-0.05, 0) is 29.8 Å². The van der Waals surface area contributed by atoms with E-state index in [4.69, 9.17) is 0 Å². The number of carbonyl (C=O) groups is 1. The van der Waals surface area contributed by atoms with Crippen molar-refractivity contribution in [3.63, 3.8) is 0 Å². The molecule has 122 valence electrons. The molecule has 4 rings (SSSR count). The number of likely N-dealkylation sites (tertiary alicyclic amines) is 1. The van der Waals surface area contributed by atoms with E-state index in [0.29, 0.717) is 0 Å². The van der Waals surface area contributed by atoms with E-state index in [1.54, 1.807) is 24.5 Å². The molecule has 1 aliphatic heterocycles. The van der Waals surface area contributed by atoms with Crippen molar-refractivity contribution in [3.8, 4) is 11.1 Å². The Morgan fingerprint density at radius 2 is 1.92 bits per heavy atom. The van der Waals surface area contributed by atoms with E-state index in [1.165, 1.54) is 17.0 Å². The predicted molar refractivity (Wildman–Crippen MR) is 86.6 cm³/mol. The first-order chi connectivity index (χ1) is 11.6. The molecule has 0 unspecified atom stereocenters. The highest BCUT2D eigenvalue weighted by molar-refractivity contribution is 5.84. The van der Waals surface area contributed by atoms with Gasteiger partial charge >= 0.3 is 0 Å². The van der Waals surface area contributed by atoms with Crippen LogP contribution in [0, 0.1) is 5.82 Å². The van der Waals surface area contributed by atoms with Crippen molar-refractivity contribution in [3.05, 3.63) is 54.6 Å². The summed E-state index contributed by atoms with van der Waals surface area (Å²) in [5.74, 6) is -0.393. The molecule has 0 bridgehead atoms. The van der Waals surface area contributed by atoms with E-state index >= 15 is 0 Å². The SMILES string of the molecule is O=C(Cn1ccc2ncc(-c3ccc(F)cc3)cc21)N1CC(F)C1. The van der Waals surface area contributed by atoms with E-state index in [1.807, 2.05) is 16.7 Å². The van der Waals surface area contributed by atoms with Crippen molar-refractivity contribution in [2.75, 3.05) is 13.1 Å². The van der Waals surface area contributed by atoms with Gasteiger partial charge in [-0.25, -0.2) is 8.78 Å². The van der Waals surface area contributed by atoms with Crippen LogP contribution in [0.3, 0.4) is 0 Å². The van der Waals surface area contributed by atoms with Crippen LogP contribution in [0.4, 0.5) is 8.78 Å². The average molecular weight is 327 g/mol. The molecule has 0 aliphatic carbocycles. The summed E-state index contributed by atoms with van der Waals surface area (Å²) in [6, 6.07) is 9.96. The maximum Gasteiger partial charge on any atom is 0.242 e. The number of benzene rings is 1. The maximum absolute atomic E-state index is 13.1. The topological polar surface area (TPSA) is 38.1 Å². The molecule has 1 saturated heterocycles. The van der Waals surface area contributed by atoms with Crippen LogP contribution < -0.4 is 0 Å². The van der Waals surface area contributed by atoms with Crippen molar-refractivity contribution >= 4 is 16.9 Å². The summed E-state index contributed by atoms with van der Waals surface area (Å²) >= 11 is 0. The van der Waals surface area contributed by atoms with Gasteiger partial charge in [-0.3, -0.25) is 9.78 Å². The summed E-state index contributed by atoms with van der Waals surface area (Å²) < 4.78 is 27.8. The van der Waals surface area contributed by atoms with Gasteiger partial charge in [-0.2, -0.15) is 0 Å². The minimum atomic E-state index is -0.901. The van der Waals surface area contributed by atoms with Crippen LogP contribution in [-0.4, -0.2) is 39.6 Å². The van der Waals surface area contributed by atoms with Crippen LogP contribution in [0.25, 0.3) is 22.2 Å². The molecule has 1 aliphatic rings. The van der Waals surface area contributed by atoms with Gasteiger partial charge < -0.3 is 9.47 Å². The lowest BCUT2D eigenvalue weighted by molar-refractivity contribution is -0.138. The molecule has 0 atom stereocenters. The van der Waals surface area contributed by atoms with Gasteiger partial charge in [0.1, 0.15) is 18.5 Å². The van der Waals surface area contributed by atoms with E-state index in [-0.39, 0.29) is 31.4 Å². The molecule has 0 radical (unpaired) electrons. The summed E-state index contributed by atoms with van der Waals surface area (Å²) in [5, 5.41) is 0. The molecule has 1 aromatic carbocycles. The van der Waals surface area contributed by atoms with Gasteiger partial charge in [0.05, 0.1) is 24.1 Å². The molecule has 3 aromatic rings. The highest BCUT2D eigenvalue weighted by atomic mass is 19.1. The van der Waals surface area contributed by atoms with Gasteiger partial charge in [-0.15, -0.1) is 0 Å². The van der Waals surface area contributed by atoms with E-state index in [9.17, 15) is 13.6 Å². The Morgan fingerprint density at radius 1 is 1.17 bits per heavy atom. The Balaban J connectivity index is 1.63. The molecule has 0 saturated carbocycles. The lowest BCUT2D eigenvalue weighted by Gasteiger charge is -2.34. The molecular weight excluding hydrogens is 312 g/mol. The molecule has 0 N–H and O–H groups in total. The normalized spacial score (nSPS) is 14.8. The Hall–Kier alpha value is -2.76. The van der Waals surface area contributed by atoms with E-state index < -0.39 is 6.17 Å². The fourth-order valence-corrected chi connectivity index (χ4v) is 2.88. The first-order valence-corrected chi connectivity index (χ1v) is 7.73. The van der Waals surface area contributed by atoms with Gasteiger partial charge in [0, 0.05) is 18.0 Å². The third-order valence-corrected chi connectivity index (χ3v) is 4.29. The second kappa shape index (κ2) is 5.70. The summed E-state index contributed by atoms with van der Waals surface area (Å²) in [6.07, 6.45) is 2.63. The van der Waals surface area contributed by atoms with Crippen LogP contribution in [0.5, 0.6) is 0 Å². The fraction of sp³-hybridized carbons (Fsp3) is 0.222. The number of pyridine rings is 1. The number of aromatic nitrogens is 2. The number of hydrogen-bond donors (Lipinski definition) is 0. The Labute approximate surface area is 137 Å². The second-order valence-electron chi connectivity index (χ2n) is 5.97. The monoisotopic (exact) mass is 327 g/mol. The molecular formula is C18H15F2N3O. The standard InChI is InChI=1S/C18H15F2N3O/c19-14-3-1-12(2-4-14)13-7-17-16(21-8-13)5-6-22(17)11-18(24)23-9-15(20)10-23/h1-8,15H,9-11H2. The first kappa shape index (κ1) is 14.8. The lowest BCUT2D eigenvalue weighted by Crippen LogP contribution is -2.52. The predicted octanol–water partition coefficient (Wildman–Crippen LogP) is 3.02. The first-order valence-electron chi connectivity index (χ1n) is 7.73. The number of hydrogen-bond acceptors (Lipinski definition) is 2. The Bertz CT molecular complexity index is 898. The summed E-state index contributed by atoms with van der Waals surface area (Å²) in [7, 11) is 0. The van der Waals surface area contributed by atoms with E-state index in [2.05, 4.69) is 4.98 Å². The molecule has 2 aromatic heterocycles. The number of amides is 1. The maximum atomic E-state index is 13.1. The smallest absolute Gasteiger partial charge is 0.242 e. The molecule has 6 heteroatoms. The van der Waals surface area contributed by atoms with Crippen LogP contribution in [0.2, 0.25) is 0 Å². The van der Waals surface area contributed by atoms with Crippen LogP contribution >= 0.6 is 0 Å². The van der Waals surface area contributed by atoms with Crippen molar-refractivity contribution in [1.82, 2.24) is 14.5 Å². The molecule has 0 spiro atoms. The molecule has 1 amide bonds. The van der Waals surface area contributed by atoms with Gasteiger partial charge in [0.25, 0.3) is 0 Å². The molecule has 3 heterocycles. The number of fused-ring (bicyclic) bond motifs is 1.